The number of amides is 3. The highest BCUT2D eigenvalue weighted by atomic mass is 35.5. The Balaban J connectivity index is 0.000000193. The van der Waals surface area contributed by atoms with Crippen molar-refractivity contribution >= 4 is 77.8 Å². The van der Waals surface area contributed by atoms with Crippen molar-refractivity contribution in [2.45, 2.75) is 173 Å². The molecule has 0 aliphatic rings. The van der Waals surface area contributed by atoms with Gasteiger partial charge in [0, 0.05) is 132 Å². The maximum absolute atomic E-state index is 12.9. The summed E-state index contributed by atoms with van der Waals surface area (Å²) in [4.78, 5) is 82.8. The van der Waals surface area contributed by atoms with E-state index in [4.69, 9.17) is 16.6 Å². The van der Waals surface area contributed by atoms with Crippen molar-refractivity contribution in [1.82, 2.24) is 74.9 Å². The first-order chi connectivity index (χ1) is 56.8. The van der Waals surface area contributed by atoms with Crippen molar-refractivity contribution < 1.29 is 46.5 Å². The minimum absolute atomic E-state index is 0.0579. The normalized spacial score (nSPS) is 11.2. The zero-order chi connectivity index (χ0) is 87.9. The van der Waals surface area contributed by atoms with Crippen LogP contribution in [-0.2, 0) is 41.5 Å². The number of carbonyl (C=O) groups excluding carboxylic acids is 3. The largest absolute Gasteiger partial charge is 0.507 e. The third kappa shape index (κ3) is 26.2. The number of nitrogens with one attached hydrogen (secondary N) is 10. The summed E-state index contributed by atoms with van der Waals surface area (Å²) in [5.41, 5.74) is 16.8. The fraction of sp³-hybridized carbons (Fsp3) is 0.368. The van der Waals surface area contributed by atoms with Crippen LogP contribution in [0, 0.1) is 55.4 Å². The number of phenols is 2. The van der Waals surface area contributed by atoms with Crippen LogP contribution in [0.5, 0.6) is 11.5 Å². The molecular weight excluding hydrogens is 1580 g/mol. The van der Waals surface area contributed by atoms with Crippen LogP contribution in [0.2, 0.25) is 5.02 Å². The summed E-state index contributed by atoms with van der Waals surface area (Å²) in [6.45, 7) is 26.1. The molecule has 30 nitrogen and oxygen atoms in total. The fourth-order valence-corrected chi connectivity index (χ4v) is 14.8. The van der Waals surface area contributed by atoms with Gasteiger partial charge in [0.25, 0.3) is 5.91 Å². The number of phenolic OH excluding ortho intramolecular Hbond substituents is 2. The molecule has 0 saturated heterocycles. The van der Waals surface area contributed by atoms with E-state index < -0.39 is 25.5 Å². The average molecular weight is 1700 g/mol. The summed E-state index contributed by atoms with van der Waals surface area (Å²) in [6, 6.07) is 30.2. The molecule has 12 rings (SSSR count). The summed E-state index contributed by atoms with van der Waals surface area (Å²) in [5, 5.41) is 42.7. The van der Waals surface area contributed by atoms with Crippen molar-refractivity contribution in [3.8, 4) is 85.4 Å². The van der Waals surface area contributed by atoms with Gasteiger partial charge in [-0.2, -0.15) is 5.10 Å². The van der Waals surface area contributed by atoms with Gasteiger partial charge in [-0.15, -0.1) is 0 Å². The van der Waals surface area contributed by atoms with Crippen LogP contribution in [0.4, 0.5) is 28.4 Å². The Morgan fingerprint density at radius 3 is 1.77 bits per heavy atom. The lowest BCUT2D eigenvalue weighted by Crippen LogP contribution is -2.23. The summed E-state index contributed by atoms with van der Waals surface area (Å²) in [7, 11) is -1.37. The molecular formula is C87H113ClN20O10S2. The van der Waals surface area contributed by atoms with Gasteiger partial charge in [0.15, 0.2) is 5.82 Å². The van der Waals surface area contributed by atoms with Crippen LogP contribution in [0.1, 0.15) is 173 Å². The molecule has 0 spiro atoms. The third-order valence-electron chi connectivity index (χ3n) is 19.1. The number of aryl methyl sites for hydroxylation is 9. The number of nitrogens with zero attached hydrogens (tertiary/aromatic N) is 10. The number of carbonyl (C=O) groups is 3. The average Bonchev–Trinajstić information content (AvgIpc) is 1.64. The first kappa shape index (κ1) is 93.5. The van der Waals surface area contributed by atoms with E-state index in [1.54, 1.807) is 84.9 Å². The zero-order valence-corrected chi connectivity index (χ0v) is 74.0. The summed E-state index contributed by atoms with van der Waals surface area (Å²) >= 11 is 6.06. The number of aliphatic hydroxyl groups is 1. The van der Waals surface area contributed by atoms with Crippen LogP contribution in [0.3, 0.4) is 0 Å². The molecule has 0 saturated carbocycles. The lowest BCUT2D eigenvalue weighted by atomic mass is 9.94. The number of sulfonamides is 2. The molecule has 7 aromatic heterocycles. The van der Waals surface area contributed by atoms with Crippen LogP contribution in [0.25, 0.3) is 73.9 Å². The van der Waals surface area contributed by atoms with Gasteiger partial charge in [-0.1, -0.05) is 121 Å². The second-order valence-electron chi connectivity index (χ2n) is 30.2. The molecule has 13 N–H and O–H groups in total. The Bertz CT molecular complexity index is 5730. The smallest absolute Gasteiger partial charge is 0.271 e. The number of hydrogen-bond donors (Lipinski definition) is 13. The highest BCUT2D eigenvalue weighted by Crippen LogP contribution is 2.39. The minimum atomic E-state index is -3.45. The van der Waals surface area contributed by atoms with Crippen LogP contribution in [0.15, 0.2) is 122 Å². The zero-order valence-electron chi connectivity index (χ0n) is 71.6. The predicted octanol–water partition coefficient (Wildman–Crippen LogP) is 16.8. The number of unbranched alkanes of at least 4 members (excludes halogenated alkanes) is 9. The van der Waals surface area contributed by atoms with Gasteiger partial charge in [0.1, 0.15) is 40.4 Å². The van der Waals surface area contributed by atoms with E-state index in [1.165, 1.54) is 64.9 Å². The molecule has 5 aromatic carbocycles. The molecule has 640 valence electrons. The lowest BCUT2D eigenvalue weighted by Gasteiger charge is -2.18. The van der Waals surface area contributed by atoms with Crippen LogP contribution < -0.4 is 30.3 Å². The number of aliphatic hydroxyl groups excluding tert-OH is 1. The van der Waals surface area contributed by atoms with Crippen molar-refractivity contribution in [3.05, 3.63) is 190 Å². The summed E-state index contributed by atoms with van der Waals surface area (Å²) in [6.07, 6.45) is 18.5. The number of benzene rings is 5. The summed E-state index contributed by atoms with van der Waals surface area (Å²) < 4.78 is 56.0. The predicted molar refractivity (Wildman–Crippen MR) is 478 cm³/mol. The lowest BCUT2D eigenvalue weighted by molar-refractivity contribution is -0.115. The topological polar surface area (TPSA) is 431 Å². The molecule has 0 fully saturated rings. The number of anilines is 5. The van der Waals surface area contributed by atoms with E-state index in [2.05, 4.69) is 92.2 Å². The van der Waals surface area contributed by atoms with Crippen LogP contribution >= 0.6 is 11.6 Å². The van der Waals surface area contributed by atoms with Crippen molar-refractivity contribution in [3.63, 3.8) is 0 Å². The quantitative estimate of drug-likeness (QED) is 0.0153. The molecule has 0 aliphatic heterocycles. The molecule has 12 aromatic rings. The number of aromatic amines is 5. The molecule has 120 heavy (non-hydrogen) atoms. The number of para-hydroxylation sites is 1. The molecule has 0 aliphatic carbocycles. The summed E-state index contributed by atoms with van der Waals surface area (Å²) in [5.74, 6) is 3.10. The van der Waals surface area contributed by atoms with Crippen molar-refractivity contribution in [1.29, 1.82) is 0 Å². The maximum atomic E-state index is 12.9. The molecule has 0 unspecified atom stereocenters. The Labute approximate surface area is 707 Å². The van der Waals surface area contributed by atoms with E-state index in [-0.39, 0.29) is 41.6 Å². The Morgan fingerprint density at radius 1 is 0.575 bits per heavy atom. The number of hydrogen-bond acceptors (Lipinski definition) is 19. The van der Waals surface area contributed by atoms with Gasteiger partial charge in [0.05, 0.1) is 75.9 Å². The van der Waals surface area contributed by atoms with Gasteiger partial charge in [0.2, 0.25) is 37.8 Å². The Kier molecular flexibility index (Phi) is 33.2. The minimum Gasteiger partial charge on any atom is -0.507 e. The number of halogens is 1. The monoisotopic (exact) mass is 1700 g/mol. The first-order valence-corrected chi connectivity index (χ1v) is 43.6. The number of aromatic hydroxyl groups is 2. The van der Waals surface area contributed by atoms with Gasteiger partial charge in [-0.05, 0) is 147 Å². The standard InChI is InChI=1S/C28H43N5O2S.C18H20N6O.C18H17N3O3.C15H20ClN3O3S.C8H13N3O/c1-6-7-8-9-10-11-12-13-14-15-18-36(34,35)32-26-17-16-21(2)19-25(26)27-24(5)29-28(30-27)33-23(4)20-22(3)31-33;1-11-17(23-18(21-11)16-10-19-7-8-20-16)14-6-5-13(24(3)4)9-15(14)22-12(2)25;1-10-17(14-9-12(20-11(2)22)7-8-16(14)24)21-18(19-10)13-5-3-4-6-15(13)23;1-9-13(18-14(17-9)15(2,3)8-20)11-7-10(16)5-6-12(11)19-23(4,21)22;1-4-6-10-5(2)7(11-6)8(12)9-3/h16-17,19-20,32H,6-15,18H2,1-5H3,(H,29,30);5-10H,1-4H3,(H,21,23)(H,22,25);3-9,23-24H,1-2H3,(H,19,21)(H,20,22);5-7,19-20H,8H2,1-4H3,(H,17,18);4H2,1-3H3,(H,9,12)(H,10,11). The van der Waals surface area contributed by atoms with E-state index >= 15 is 0 Å². The fourth-order valence-electron chi connectivity index (χ4n) is 12.8. The number of H-pyrrole nitrogens is 5. The van der Waals surface area contributed by atoms with Gasteiger partial charge in [-0.25, -0.2) is 51.4 Å². The highest BCUT2D eigenvalue weighted by molar-refractivity contribution is 7.92. The van der Waals surface area contributed by atoms with E-state index in [0.717, 1.165) is 111 Å². The molecule has 0 bridgehead atoms. The molecule has 7 heterocycles. The van der Waals surface area contributed by atoms with E-state index in [9.17, 15) is 46.5 Å². The molecule has 0 atom stereocenters. The third-order valence-corrected chi connectivity index (χ3v) is 21.3. The van der Waals surface area contributed by atoms with Gasteiger partial charge >= 0.3 is 0 Å². The highest BCUT2D eigenvalue weighted by Gasteiger charge is 2.27. The van der Waals surface area contributed by atoms with Crippen molar-refractivity contribution in [2.24, 2.45) is 0 Å². The van der Waals surface area contributed by atoms with E-state index in [0.29, 0.717) is 91.4 Å². The Hall–Kier alpha value is -12.0. The molecule has 33 heteroatoms. The van der Waals surface area contributed by atoms with Gasteiger partial charge in [-0.3, -0.25) is 28.8 Å². The maximum Gasteiger partial charge on any atom is 0.271 e. The van der Waals surface area contributed by atoms with Crippen LogP contribution in [-0.4, -0.2) is 159 Å². The number of aromatic nitrogens is 14. The number of imidazole rings is 5. The Morgan fingerprint density at radius 2 is 1.17 bits per heavy atom. The van der Waals surface area contributed by atoms with Crippen molar-refractivity contribution in [2.75, 3.05) is 64.7 Å². The first-order valence-electron chi connectivity index (χ1n) is 39.7. The van der Waals surface area contributed by atoms with Gasteiger partial charge < -0.3 is 61.1 Å². The molecule has 0 radical (unpaired) electrons. The number of rotatable bonds is 29. The second-order valence-corrected chi connectivity index (χ2v) is 34.3. The molecule has 3 amide bonds. The second kappa shape index (κ2) is 42.6. The van der Waals surface area contributed by atoms with E-state index in [1.807, 2.05) is 138 Å². The SMILES string of the molecule is CC(=O)Nc1cc(N(C)C)ccc1-c1nc(-c2cnccn2)[nH]c1C.CC(=O)Nc1ccc(O)c(-c2nc(-c3ccccc3O)[nH]c2C)c1.CCCCCCCCCCCCS(=O)(=O)Nc1ccc(C)cc1-c1nc(-n2nc(C)cc2C)[nH]c1C.CCc1nc(C(=O)NC)c(C)[nH]1.Cc1[nH]c(C(C)(C)CO)nc1-c1cc(Cl)ccc1NS(C)(=O)=O.